The van der Waals surface area contributed by atoms with Crippen molar-refractivity contribution >= 4 is 27.7 Å². The highest BCUT2D eigenvalue weighted by molar-refractivity contribution is 7.90. The third kappa shape index (κ3) is 6.82. The third-order valence-electron chi connectivity index (χ3n) is 6.49. The van der Waals surface area contributed by atoms with E-state index in [0.29, 0.717) is 6.42 Å². The number of benzene rings is 2. The highest BCUT2D eigenvalue weighted by Crippen LogP contribution is 2.24. The zero-order valence-electron chi connectivity index (χ0n) is 21.1. The fourth-order valence-corrected chi connectivity index (χ4v) is 5.38. The number of amides is 2. The number of hydrogen-bond acceptors (Lipinski definition) is 4. The van der Waals surface area contributed by atoms with Crippen LogP contribution < -0.4 is 9.62 Å². The minimum absolute atomic E-state index is 0.0788. The van der Waals surface area contributed by atoms with Crippen molar-refractivity contribution < 1.29 is 22.4 Å². The van der Waals surface area contributed by atoms with E-state index in [4.69, 9.17) is 0 Å². The molecule has 0 spiro atoms. The molecule has 1 fully saturated rings. The number of para-hydroxylation sites is 1. The standard InChI is InChI=1S/C26H35FN4O4S/c1-20(26(33)28-22-13-7-8-14-22)30(18-17-21-11-5-4-6-12-21)25(32)19-31(36(34,35)29(2)3)24-16-10-9-15-23(24)27/h4-6,9-12,15-16,20,22H,7-8,13-14,17-19H2,1-3H3,(H,28,33)/t20-/m1/s1. The molecule has 0 aromatic heterocycles. The lowest BCUT2D eigenvalue weighted by Gasteiger charge is -2.33. The van der Waals surface area contributed by atoms with Crippen molar-refractivity contribution in [2.45, 2.75) is 51.1 Å². The number of carbonyl (C=O) groups excluding carboxylic acids is 2. The van der Waals surface area contributed by atoms with E-state index >= 15 is 0 Å². The zero-order chi connectivity index (χ0) is 26.3. The predicted molar refractivity (Wildman–Crippen MR) is 138 cm³/mol. The van der Waals surface area contributed by atoms with Crippen molar-refractivity contribution in [2.24, 2.45) is 0 Å². The highest BCUT2D eigenvalue weighted by Gasteiger charge is 2.34. The van der Waals surface area contributed by atoms with E-state index in [2.05, 4.69) is 5.32 Å². The molecule has 0 saturated heterocycles. The first-order valence-corrected chi connectivity index (χ1v) is 13.6. The lowest BCUT2D eigenvalue weighted by atomic mass is 10.1. The van der Waals surface area contributed by atoms with Gasteiger partial charge in [-0.2, -0.15) is 12.7 Å². The first-order valence-electron chi connectivity index (χ1n) is 12.2. The van der Waals surface area contributed by atoms with Crippen LogP contribution in [0.5, 0.6) is 0 Å². The van der Waals surface area contributed by atoms with Crippen molar-refractivity contribution in [3.05, 3.63) is 66.0 Å². The molecule has 0 heterocycles. The van der Waals surface area contributed by atoms with Gasteiger partial charge >= 0.3 is 10.2 Å². The topological polar surface area (TPSA) is 90.0 Å². The number of nitrogens with zero attached hydrogens (tertiary/aromatic N) is 3. The molecule has 0 bridgehead atoms. The second-order valence-electron chi connectivity index (χ2n) is 9.24. The minimum Gasteiger partial charge on any atom is -0.352 e. The minimum atomic E-state index is -4.20. The Morgan fingerprint density at radius 3 is 2.25 bits per heavy atom. The Morgan fingerprint density at radius 2 is 1.64 bits per heavy atom. The maximum absolute atomic E-state index is 14.7. The summed E-state index contributed by atoms with van der Waals surface area (Å²) in [6.45, 7) is 1.20. The second kappa shape index (κ2) is 12.3. The normalized spacial score (nSPS) is 15.0. The molecule has 0 radical (unpaired) electrons. The van der Waals surface area contributed by atoms with Crippen LogP contribution in [0.1, 0.15) is 38.2 Å². The van der Waals surface area contributed by atoms with E-state index in [1.807, 2.05) is 30.3 Å². The molecule has 3 rings (SSSR count). The van der Waals surface area contributed by atoms with E-state index in [1.165, 1.54) is 37.2 Å². The smallest absolute Gasteiger partial charge is 0.304 e. The average molecular weight is 519 g/mol. The van der Waals surface area contributed by atoms with E-state index in [0.717, 1.165) is 45.9 Å². The molecule has 10 heteroatoms. The molecule has 1 N–H and O–H groups in total. The van der Waals surface area contributed by atoms with Crippen molar-refractivity contribution in [2.75, 3.05) is 31.5 Å². The summed E-state index contributed by atoms with van der Waals surface area (Å²) in [5, 5.41) is 3.02. The lowest BCUT2D eigenvalue weighted by Crippen LogP contribution is -2.54. The van der Waals surface area contributed by atoms with Gasteiger partial charge in [0.25, 0.3) is 0 Å². The third-order valence-corrected chi connectivity index (χ3v) is 8.30. The molecular weight excluding hydrogens is 483 g/mol. The van der Waals surface area contributed by atoms with Gasteiger partial charge in [0.2, 0.25) is 11.8 Å². The Kier molecular flexibility index (Phi) is 9.44. The average Bonchev–Trinajstić information content (AvgIpc) is 3.36. The highest BCUT2D eigenvalue weighted by atomic mass is 32.2. The summed E-state index contributed by atoms with van der Waals surface area (Å²) in [5.41, 5.74) is 0.746. The largest absolute Gasteiger partial charge is 0.352 e. The molecule has 2 aromatic carbocycles. The molecule has 0 aliphatic heterocycles. The van der Waals surface area contributed by atoms with Gasteiger partial charge in [-0.1, -0.05) is 55.3 Å². The summed E-state index contributed by atoms with van der Waals surface area (Å²) in [5.74, 6) is -1.64. The SMILES string of the molecule is C[C@H](C(=O)NC1CCCC1)N(CCc1ccccc1)C(=O)CN(c1ccccc1F)S(=O)(=O)N(C)C. The molecule has 196 valence electrons. The molecule has 1 aliphatic rings. The zero-order valence-corrected chi connectivity index (χ0v) is 21.9. The number of nitrogens with one attached hydrogen (secondary N) is 1. The van der Waals surface area contributed by atoms with Gasteiger partial charge < -0.3 is 10.2 Å². The van der Waals surface area contributed by atoms with E-state index < -0.39 is 34.5 Å². The molecule has 8 nitrogen and oxygen atoms in total. The maximum atomic E-state index is 14.7. The quantitative estimate of drug-likeness (QED) is 0.495. The van der Waals surface area contributed by atoms with E-state index in [-0.39, 0.29) is 24.2 Å². The number of hydrogen-bond donors (Lipinski definition) is 1. The van der Waals surface area contributed by atoms with Gasteiger partial charge in [0.15, 0.2) is 0 Å². The monoisotopic (exact) mass is 518 g/mol. The number of carbonyl (C=O) groups is 2. The molecule has 0 unspecified atom stereocenters. The fourth-order valence-electron chi connectivity index (χ4n) is 4.32. The van der Waals surface area contributed by atoms with Gasteiger partial charge in [-0.3, -0.25) is 9.59 Å². The van der Waals surface area contributed by atoms with Crippen LogP contribution in [0, 0.1) is 5.82 Å². The Morgan fingerprint density at radius 1 is 1.03 bits per heavy atom. The number of halogens is 1. The first kappa shape index (κ1) is 27.6. The van der Waals surface area contributed by atoms with Crippen LogP contribution in [0.4, 0.5) is 10.1 Å². The van der Waals surface area contributed by atoms with Gasteiger partial charge in [0, 0.05) is 26.7 Å². The van der Waals surface area contributed by atoms with E-state index in [9.17, 15) is 22.4 Å². The Balaban J connectivity index is 1.88. The number of anilines is 1. The van der Waals surface area contributed by atoms with Gasteiger partial charge in [0.05, 0.1) is 5.69 Å². The van der Waals surface area contributed by atoms with Crippen molar-refractivity contribution in [1.29, 1.82) is 0 Å². The maximum Gasteiger partial charge on any atom is 0.304 e. The van der Waals surface area contributed by atoms with Crippen molar-refractivity contribution in [3.8, 4) is 0 Å². The van der Waals surface area contributed by atoms with Crippen LogP contribution in [0.3, 0.4) is 0 Å². The van der Waals surface area contributed by atoms with Crippen molar-refractivity contribution in [1.82, 2.24) is 14.5 Å². The molecule has 2 amide bonds. The van der Waals surface area contributed by atoms with Crippen LogP contribution >= 0.6 is 0 Å². The first-order chi connectivity index (χ1) is 17.1. The van der Waals surface area contributed by atoms with Gasteiger partial charge in [0.1, 0.15) is 18.4 Å². The molecule has 36 heavy (non-hydrogen) atoms. The van der Waals surface area contributed by atoms with Gasteiger partial charge in [-0.15, -0.1) is 0 Å². The molecule has 1 atom stereocenters. The number of rotatable bonds is 11. The summed E-state index contributed by atoms with van der Waals surface area (Å²) >= 11 is 0. The summed E-state index contributed by atoms with van der Waals surface area (Å²) in [4.78, 5) is 28.1. The fraction of sp³-hybridized carbons (Fsp3) is 0.462. The second-order valence-corrected chi connectivity index (χ2v) is 11.3. The van der Waals surface area contributed by atoms with Crippen LogP contribution in [0.25, 0.3) is 0 Å². The molecule has 1 aliphatic carbocycles. The van der Waals surface area contributed by atoms with Gasteiger partial charge in [-0.05, 0) is 43.9 Å². The summed E-state index contributed by atoms with van der Waals surface area (Å²) in [6, 6.07) is 14.2. The van der Waals surface area contributed by atoms with Crippen LogP contribution in [-0.4, -0.2) is 68.7 Å². The summed E-state index contributed by atoms with van der Waals surface area (Å²) in [7, 11) is -1.56. The summed E-state index contributed by atoms with van der Waals surface area (Å²) in [6.07, 6.45) is 4.39. The van der Waals surface area contributed by atoms with Crippen LogP contribution in [0.15, 0.2) is 54.6 Å². The van der Waals surface area contributed by atoms with E-state index in [1.54, 1.807) is 6.92 Å². The van der Waals surface area contributed by atoms with Crippen LogP contribution in [0.2, 0.25) is 0 Å². The lowest BCUT2D eigenvalue weighted by molar-refractivity contribution is -0.139. The van der Waals surface area contributed by atoms with Crippen molar-refractivity contribution in [3.63, 3.8) is 0 Å². The Hall–Kier alpha value is -2.98. The molecule has 1 saturated carbocycles. The molecular formula is C26H35FN4O4S. The summed E-state index contributed by atoms with van der Waals surface area (Å²) < 4.78 is 42.5. The Labute approximate surface area is 213 Å². The molecule has 2 aromatic rings. The Bertz CT molecular complexity index is 1140. The van der Waals surface area contributed by atoms with Crippen LogP contribution in [-0.2, 0) is 26.2 Å². The predicted octanol–water partition coefficient (Wildman–Crippen LogP) is 2.96. The van der Waals surface area contributed by atoms with Gasteiger partial charge in [-0.25, -0.2) is 8.70 Å².